The van der Waals surface area contributed by atoms with E-state index in [9.17, 15) is 14.4 Å². The fraction of sp³-hybridized carbons (Fsp3) is 0.333. The van der Waals surface area contributed by atoms with Gasteiger partial charge >= 0.3 is 5.97 Å². The zero-order valence-corrected chi connectivity index (χ0v) is 11.2. The predicted octanol–water partition coefficient (Wildman–Crippen LogP) is 1.53. The number of amides is 2. The van der Waals surface area contributed by atoms with Crippen molar-refractivity contribution in [2.45, 2.75) is 20.3 Å². The van der Waals surface area contributed by atoms with Crippen LogP contribution >= 0.6 is 11.3 Å². The Kier molecular flexibility index (Phi) is 3.23. The van der Waals surface area contributed by atoms with Crippen molar-refractivity contribution in [2.24, 2.45) is 5.41 Å². The van der Waals surface area contributed by atoms with Gasteiger partial charge in [-0.3, -0.25) is 9.59 Å². The molecule has 0 radical (unpaired) electrons. The Bertz CT molecular complexity index is 588. The molecule has 0 spiro atoms. The summed E-state index contributed by atoms with van der Waals surface area (Å²) < 4.78 is 0. The lowest BCUT2D eigenvalue weighted by atomic mass is 9.92. The van der Waals surface area contributed by atoms with E-state index in [1.54, 1.807) is 13.8 Å². The van der Waals surface area contributed by atoms with Gasteiger partial charge in [-0.05, 0) is 6.08 Å². The van der Waals surface area contributed by atoms with E-state index in [0.29, 0.717) is 4.88 Å². The van der Waals surface area contributed by atoms with Gasteiger partial charge in [-0.1, -0.05) is 25.2 Å². The number of carbonyl (C=O) groups is 3. The van der Waals surface area contributed by atoms with Gasteiger partial charge in [0.25, 0.3) is 0 Å². The number of anilines is 1. The van der Waals surface area contributed by atoms with E-state index < -0.39 is 11.4 Å². The predicted molar refractivity (Wildman–Crippen MR) is 69.7 cm³/mol. The highest BCUT2D eigenvalue weighted by atomic mass is 32.1. The molecule has 2 heterocycles. The van der Waals surface area contributed by atoms with E-state index in [1.165, 1.54) is 12.3 Å². The molecule has 1 aliphatic rings. The molecule has 100 valence electrons. The lowest BCUT2D eigenvalue weighted by molar-refractivity contribution is -0.131. The number of carboxylic acids is 1. The summed E-state index contributed by atoms with van der Waals surface area (Å²) in [4.78, 5) is 40.0. The van der Waals surface area contributed by atoms with Gasteiger partial charge in [0.1, 0.15) is 0 Å². The largest absolute Gasteiger partial charge is 0.478 e. The van der Waals surface area contributed by atoms with Crippen LogP contribution in [0, 0.1) is 5.41 Å². The molecule has 0 saturated carbocycles. The lowest BCUT2D eigenvalue weighted by Crippen LogP contribution is -2.32. The van der Waals surface area contributed by atoms with E-state index in [-0.39, 0.29) is 23.4 Å². The van der Waals surface area contributed by atoms with Crippen molar-refractivity contribution in [3.05, 3.63) is 17.2 Å². The molecule has 0 aliphatic carbocycles. The lowest BCUT2D eigenvalue weighted by Gasteiger charge is -2.14. The highest BCUT2D eigenvalue weighted by molar-refractivity contribution is 7.16. The third-order valence-electron chi connectivity index (χ3n) is 2.72. The van der Waals surface area contributed by atoms with Crippen molar-refractivity contribution in [3.63, 3.8) is 0 Å². The molecule has 1 N–H and O–H groups in total. The zero-order valence-electron chi connectivity index (χ0n) is 10.4. The Morgan fingerprint density at radius 3 is 2.74 bits per heavy atom. The average Bonchev–Trinajstić information content (AvgIpc) is 2.81. The molecular formula is C12H12N2O4S. The molecular weight excluding hydrogens is 268 g/mol. The Morgan fingerprint density at radius 1 is 1.53 bits per heavy atom. The number of nitrogens with zero attached hydrogens (tertiary/aromatic N) is 2. The van der Waals surface area contributed by atoms with Crippen LogP contribution in [-0.2, 0) is 14.4 Å². The molecule has 2 amide bonds. The van der Waals surface area contributed by atoms with E-state index in [0.717, 1.165) is 22.3 Å². The number of aliphatic carboxylic acids is 1. The Balaban J connectivity index is 2.26. The average molecular weight is 280 g/mol. The Morgan fingerprint density at radius 2 is 2.21 bits per heavy atom. The van der Waals surface area contributed by atoms with Crippen LogP contribution in [-0.4, -0.2) is 27.9 Å². The quantitative estimate of drug-likeness (QED) is 0.670. The van der Waals surface area contributed by atoms with Gasteiger partial charge in [0.15, 0.2) is 5.13 Å². The van der Waals surface area contributed by atoms with Crippen LogP contribution in [0.15, 0.2) is 12.3 Å². The van der Waals surface area contributed by atoms with Gasteiger partial charge in [0.05, 0.1) is 5.41 Å². The number of hydrogen-bond acceptors (Lipinski definition) is 5. The second-order valence-corrected chi connectivity index (χ2v) is 5.85. The fourth-order valence-electron chi connectivity index (χ4n) is 1.75. The smallest absolute Gasteiger partial charge is 0.328 e. The van der Waals surface area contributed by atoms with Gasteiger partial charge in [-0.15, -0.1) is 0 Å². The first-order chi connectivity index (χ1) is 8.81. The van der Waals surface area contributed by atoms with E-state index >= 15 is 0 Å². The SMILES string of the molecule is CC1(C)CC(=O)N(c2ncc(C=CC(=O)O)s2)C1=O. The van der Waals surface area contributed by atoms with Crippen molar-refractivity contribution >= 4 is 40.3 Å². The van der Waals surface area contributed by atoms with Crippen LogP contribution in [0.5, 0.6) is 0 Å². The highest BCUT2D eigenvalue weighted by Gasteiger charge is 2.46. The maximum absolute atomic E-state index is 12.1. The second kappa shape index (κ2) is 4.58. The molecule has 6 nitrogen and oxygen atoms in total. The van der Waals surface area contributed by atoms with Crippen LogP contribution in [0.25, 0.3) is 6.08 Å². The van der Waals surface area contributed by atoms with Gasteiger partial charge in [0.2, 0.25) is 11.8 Å². The van der Waals surface area contributed by atoms with Crippen LogP contribution in [0.1, 0.15) is 25.1 Å². The fourth-order valence-corrected chi connectivity index (χ4v) is 2.59. The third-order valence-corrected chi connectivity index (χ3v) is 3.67. The summed E-state index contributed by atoms with van der Waals surface area (Å²) in [6.45, 7) is 3.43. The molecule has 19 heavy (non-hydrogen) atoms. The van der Waals surface area contributed by atoms with E-state index in [2.05, 4.69) is 4.98 Å². The molecule has 1 saturated heterocycles. The van der Waals surface area contributed by atoms with Crippen molar-refractivity contribution in [3.8, 4) is 0 Å². The number of carboxylic acid groups (broad SMARTS) is 1. The summed E-state index contributed by atoms with van der Waals surface area (Å²) in [6.07, 6.45) is 3.95. The molecule has 2 rings (SSSR count). The van der Waals surface area contributed by atoms with Crippen molar-refractivity contribution in [1.82, 2.24) is 4.98 Å². The van der Waals surface area contributed by atoms with Gasteiger partial charge in [0, 0.05) is 23.6 Å². The molecule has 1 fully saturated rings. The summed E-state index contributed by atoms with van der Waals surface area (Å²) in [5.41, 5.74) is -0.709. The molecule has 1 aliphatic heterocycles. The number of aromatic nitrogens is 1. The molecule has 0 atom stereocenters. The first-order valence-corrected chi connectivity index (χ1v) is 6.37. The zero-order chi connectivity index (χ0) is 14.2. The minimum Gasteiger partial charge on any atom is -0.478 e. The number of imide groups is 1. The summed E-state index contributed by atoms with van der Waals surface area (Å²) in [5.74, 6) is -1.62. The summed E-state index contributed by atoms with van der Waals surface area (Å²) in [6, 6.07) is 0. The standard InChI is InChI=1S/C12H12N2O4S/c1-12(2)5-8(15)14(10(12)18)11-13-6-7(19-11)3-4-9(16)17/h3-4,6H,5H2,1-2H3,(H,16,17). The summed E-state index contributed by atoms with van der Waals surface area (Å²) in [5, 5.41) is 8.81. The van der Waals surface area contributed by atoms with Crippen LogP contribution in [0.4, 0.5) is 5.13 Å². The van der Waals surface area contributed by atoms with Crippen LogP contribution < -0.4 is 4.90 Å². The summed E-state index contributed by atoms with van der Waals surface area (Å²) in [7, 11) is 0. The van der Waals surface area contributed by atoms with E-state index in [1.807, 2.05) is 0 Å². The molecule has 1 aromatic rings. The molecule has 7 heteroatoms. The number of thiazole rings is 1. The number of carbonyl (C=O) groups excluding carboxylic acids is 2. The summed E-state index contributed by atoms with van der Waals surface area (Å²) >= 11 is 1.10. The van der Waals surface area contributed by atoms with Crippen molar-refractivity contribution < 1.29 is 19.5 Å². The molecule has 0 aromatic carbocycles. The molecule has 0 bridgehead atoms. The minimum atomic E-state index is -1.07. The number of rotatable bonds is 3. The number of hydrogen-bond donors (Lipinski definition) is 1. The molecule has 1 aromatic heterocycles. The molecule has 0 unspecified atom stereocenters. The Labute approximate surface area is 113 Å². The van der Waals surface area contributed by atoms with Gasteiger partial charge in [-0.25, -0.2) is 14.7 Å². The minimum absolute atomic E-state index is 0.158. The maximum Gasteiger partial charge on any atom is 0.328 e. The van der Waals surface area contributed by atoms with Crippen LogP contribution in [0.2, 0.25) is 0 Å². The van der Waals surface area contributed by atoms with Gasteiger partial charge < -0.3 is 5.11 Å². The van der Waals surface area contributed by atoms with Crippen molar-refractivity contribution in [2.75, 3.05) is 4.90 Å². The topological polar surface area (TPSA) is 87.6 Å². The first-order valence-electron chi connectivity index (χ1n) is 5.55. The maximum atomic E-state index is 12.1. The van der Waals surface area contributed by atoms with E-state index in [4.69, 9.17) is 5.11 Å². The normalized spacial score (nSPS) is 18.5. The monoisotopic (exact) mass is 280 g/mol. The van der Waals surface area contributed by atoms with Crippen LogP contribution in [0.3, 0.4) is 0 Å². The first kappa shape index (κ1) is 13.4. The second-order valence-electron chi connectivity index (χ2n) is 4.81. The Hall–Kier alpha value is -2.02. The van der Waals surface area contributed by atoms with Gasteiger partial charge in [-0.2, -0.15) is 0 Å². The highest BCUT2D eigenvalue weighted by Crippen LogP contribution is 2.36. The van der Waals surface area contributed by atoms with Crippen molar-refractivity contribution in [1.29, 1.82) is 0 Å². The third kappa shape index (κ3) is 2.55.